The van der Waals surface area contributed by atoms with Gasteiger partial charge in [-0.3, -0.25) is 4.79 Å². The summed E-state index contributed by atoms with van der Waals surface area (Å²) in [6.45, 7) is 1.53. The van der Waals surface area contributed by atoms with Gasteiger partial charge in [-0.25, -0.2) is 8.78 Å². The SMILES string of the molecule is Cc1ccc(F)c(C(=O)CC2CC2)c1F. The zero-order valence-corrected chi connectivity index (χ0v) is 8.52. The molecule has 0 aliphatic heterocycles. The first-order chi connectivity index (χ1) is 7.09. The number of hydrogen-bond acceptors (Lipinski definition) is 1. The molecule has 0 amide bonds. The molecule has 80 valence electrons. The summed E-state index contributed by atoms with van der Waals surface area (Å²) in [6, 6.07) is 2.50. The fraction of sp³-hybridized carbons (Fsp3) is 0.417. The molecule has 0 aromatic heterocycles. The smallest absolute Gasteiger partial charge is 0.169 e. The zero-order chi connectivity index (χ0) is 11.0. The summed E-state index contributed by atoms with van der Waals surface area (Å²) in [5, 5.41) is 0. The molecule has 2 rings (SSSR count). The van der Waals surface area contributed by atoms with Crippen LogP contribution >= 0.6 is 0 Å². The molecule has 0 spiro atoms. The highest BCUT2D eigenvalue weighted by molar-refractivity contribution is 5.97. The first-order valence-corrected chi connectivity index (χ1v) is 5.07. The molecule has 1 aromatic rings. The molecule has 1 aromatic carbocycles. The third-order valence-electron chi connectivity index (χ3n) is 2.73. The van der Waals surface area contributed by atoms with Crippen molar-refractivity contribution in [1.29, 1.82) is 0 Å². The summed E-state index contributed by atoms with van der Waals surface area (Å²) in [5.74, 6) is -1.52. The maximum Gasteiger partial charge on any atom is 0.169 e. The minimum absolute atomic E-state index is 0.275. The van der Waals surface area contributed by atoms with E-state index in [1.807, 2.05) is 0 Å². The standard InChI is InChI=1S/C12H12F2O/c1-7-2-5-9(13)11(12(7)14)10(15)6-8-3-4-8/h2,5,8H,3-4,6H2,1H3. The molecule has 0 saturated heterocycles. The zero-order valence-electron chi connectivity index (χ0n) is 8.52. The summed E-state index contributed by atoms with van der Waals surface area (Å²) in [5.41, 5.74) is -0.0440. The summed E-state index contributed by atoms with van der Waals surface area (Å²) < 4.78 is 26.8. The lowest BCUT2D eigenvalue weighted by Crippen LogP contribution is -2.08. The van der Waals surface area contributed by atoms with Gasteiger partial charge in [-0.2, -0.15) is 0 Å². The lowest BCUT2D eigenvalue weighted by atomic mass is 10.0. The molecular formula is C12H12F2O. The fourth-order valence-electron chi connectivity index (χ4n) is 1.60. The van der Waals surface area contributed by atoms with Crippen LogP contribution in [0.25, 0.3) is 0 Å². The summed E-state index contributed by atoms with van der Waals surface area (Å²) in [6.07, 6.45) is 2.28. The molecule has 1 saturated carbocycles. The number of carbonyl (C=O) groups is 1. The van der Waals surface area contributed by atoms with Gasteiger partial charge >= 0.3 is 0 Å². The van der Waals surface area contributed by atoms with Gasteiger partial charge in [-0.05, 0) is 37.3 Å². The second-order valence-corrected chi connectivity index (χ2v) is 4.12. The molecule has 0 radical (unpaired) electrons. The number of Topliss-reactive ketones (excluding diaryl/α,β-unsaturated/α-hetero) is 1. The maximum atomic E-state index is 13.5. The predicted molar refractivity (Wildman–Crippen MR) is 52.8 cm³/mol. The maximum absolute atomic E-state index is 13.5. The minimum Gasteiger partial charge on any atom is -0.294 e. The Hall–Kier alpha value is -1.25. The van der Waals surface area contributed by atoms with Crippen LogP contribution in [0.2, 0.25) is 0 Å². The van der Waals surface area contributed by atoms with E-state index in [-0.39, 0.29) is 12.0 Å². The van der Waals surface area contributed by atoms with Crippen LogP contribution in [0.5, 0.6) is 0 Å². The van der Waals surface area contributed by atoms with E-state index in [0.29, 0.717) is 11.5 Å². The van der Waals surface area contributed by atoms with Crippen molar-refractivity contribution < 1.29 is 13.6 Å². The highest BCUT2D eigenvalue weighted by Crippen LogP contribution is 2.34. The van der Waals surface area contributed by atoms with Gasteiger partial charge in [0.2, 0.25) is 0 Å². The number of carbonyl (C=O) groups excluding carboxylic acids is 1. The van der Waals surface area contributed by atoms with E-state index in [2.05, 4.69) is 0 Å². The molecule has 0 unspecified atom stereocenters. The summed E-state index contributed by atoms with van der Waals surface area (Å²) in [4.78, 5) is 11.6. The molecule has 3 heteroatoms. The molecule has 0 atom stereocenters. The first-order valence-electron chi connectivity index (χ1n) is 5.07. The summed E-state index contributed by atoms with van der Waals surface area (Å²) in [7, 11) is 0. The number of halogens is 2. The quantitative estimate of drug-likeness (QED) is 0.700. The molecule has 0 bridgehead atoms. The van der Waals surface area contributed by atoms with Crippen LogP contribution < -0.4 is 0 Å². The van der Waals surface area contributed by atoms with Crippen molar-refractivity contribution in [2.75, 3.05) is 0 Å². The van der Waals surface area contributed by atoms with E-state index in [1.54, 1.807) is 0 Å². The van der Waals surface area contributed by atoms with Gasteiger partial charge < -0.3 is 0 Å². The average Bonchev–Trinajstić information content (AvgIpc) is 2.96. The van der Waals surface area contributed by atoms with Crippen LogP contribution in [0.3, 0.4) is 0 Å². The minimum atomic E-state index is -0.747. The van der Waals surface area contributed by atoms with Crippen molar-refractivity contribution in [2.45, 2.75) is 26.2 Å². The lowest BCUT2D eigenvalue weighted by Gasteiger charge is -2.05. The van der Waals surface area contributed by atoms with Crippen LogP contribution in [0.4, 0.5) is 8.78 Å². The Balaban J connectivity index is 2.32. The molecular weight excluding hydrogens is 198 g/mol. The second kappa shape index (κ2) is 3.72. The summed E-state index contributed by atoms with van der Waals surface area (Å²) >= 11 is 0. The van der Waals surface area contributed by atoms with E-state index >= 15 is 0 Å². The van der Waals surface area contributed by atoms with Crippen LogP contribution in [0, 0.1) is 24.5 Å². The number of benzene rings is 1. The fourth-order valence-corrected chi connectivity index (χ4v) is 1.60. The van der Waals surface area contributed by atoms with Gasteiger partial charge in [0, 0.05) is 6.42 Å². The van der Waals surface area contributed by atoms with Gasteiger partial charge in [0.25, 0.3) is 0 Å². The van der Waals surface area contributed by atoms with Gasteiger partial charge in [-0.15, -0.1) is 0 Å². The molecule has 1 aliphatic carbocycles. The largest absolute Gasteiger partial charge is 0.294 e. The van der Waals surface area contributed by atoms with Gasteiger partial charge in [0.1, 0.15) is 11.6 Å². The predicted octanol–water partition coefficient (Wildman–Crippen LogP) is 3.26. The molecule has 1 aliphatic rings. The van der Waals surface area contributed by atoms with Gasteiger partial charge in [-0.1, -0.05) is 6.07 Å². The van der Waals surface area contributed by atoms with Crippen LogP contribution in [0.1, 0.15) is 35.2 Å². The van der Waals surface area contributed by atoms with E-state index < -0.39 is 17.4 Å². The Kier molecular flexibility index (Phi) is 2.55. The van der Waals surface area contributed by atoms with Crippen LogP contribution in [-0.2, 0) is 0 Å². The third-order valence-corrected chi connectivity index (χ3v) is 2.73. The van der Waals surface area contributed by atoms with Gasteiger partial charge in [0.05, 0.1) is 5.56 Å². The highest BCUT2D eigenvalue weighted by atomic mass is 19.1. The molecule has 15 heavy (non-hydrogen) atoms. The molecule has 1 fully saturated rings. The topological polar surface area (TPSA) is 17.1 Å². The lowest BCUT2D eigenvalue weighted by molar-refractivity contribution is 0.0967. The molecule has 0 heterocycles. The Morgan fingerprint density at radius 3 is 2.67 bits per heavy atom. The molecule has 1 nitrogen and oxygen atoms in total. The number of ketones is 1. The number of aryl methyl sites for hydroxylation is 1. The van der Waals surface area contributed by atoms with Crippen LogP contribution in [-0.4, -0.2) is 5.78 Å². The Labute approximate surface area is 87.1 Å². The van der Waals surface area contributed by atoms with Crippen molar-refractivity contribution in [3.8, 4) is 0 Å². The van der Waals surface area contributed by atoms with E-state index in [4.69, 9.17) is 0 Å². The average molecular weight is 210 g/mol. The number of hydrogen-bond donors (Lipinski definition) is 0. The van der Waals surface area contributed by atoms with E-state index in [1.165, 1.54) is 13.0 Å². The Morgan fingerprint density at radius 1 is 1.40 bits per heavy atom. The first kappa shape index (κ1) is 10.3. The number of rotatable bonds is 3. The van der Waals surface area contributed by atoms with Gasteiger partial charge in [0.15, 0.2) is 5.78 Å². The second-order valence-electron chi connectivity index (χ2n) is 4.12. The van der Waals surface area contributed by atoms with Crippen molar-refractivity contribution >= 4 is 5.78 Å². The van der Waals surface area contributed by atoms with Crippen molar-refractivity contribution in [2.24, 2.45) is 5.92 Å². The normalized spacial score (nSPS) is 15.4. The Bertz CT molecular complexity index is 408. The van der Waals surface area contributed by atoms with Crippen molar-refractivity contribution in [3.63, 3.8) is 0 Å². The highest BCUT2D eigenvalue weighted by Gasteiger charge is 2.28. The Morgan fingerprint density at radius 2 is 2.07 bits per heavy atom. The van der Waals surface area contributed by atoms with E-state index in [9.17, 15) is 13.6 Å². The monoisotopic (exact) mass is 210 g/mol. The van der Waals surface area contributed by atoms with E-state index in [0.717, 1.165) is 18.9 Å². The van der Waals surface area contributed by atoms with Crippen molar-refractivity contribution in [1.82, 2.24) is 0 Å². The van der Waals surface area contributed by atoms with Crippen molar-refractivity contribution in [3.05, 3.63) is 34.9 Å². The van der Waals surface area contributed by atoms with Crippen LogP contribution in [0.15, 0.2) is 12.1 Å². The third kappa shape index (κ3) is 2.06. The molecule has 0 N–H and O–H groups in total.